The van der Waals surface area contributed by atoms with Gasteiger partial charge in [0.2, 0.25) is 11.7 Å². The predicted molar refractivity (Wildman–Crippen MR) is 105 cm³/mol. The van der Waals surface area contributed by atoms with Crippen LogP contribution in [0.1, 0.15) is 30.5 Å². The molecule has 28 heavy (non-hydrogen) atoms. The number of aromatic nitrogens is 5. The molecule has 3 aromatic rings. The van der Waals surface area contributed by atoms with E-state index in [0.717, 1.165) is 43.3 Å². The summed E-state index contributed by atoms with van der Waals surface area (Å²) in [6.45, 7) is 2.19. The summed E-state index contributed by atoms with van der Waals surface area (Å²) < 4.78 is 5.35. The zero-order valence-electron chi connectivity index (χ0n) is 15.5. The topological polar surface area (TPSA) is 108 Å². The van der Waals surface area contributed by atoms with Gasteiger partial charge < -0.3 is 14.7 Å². The molecule has 10 heteroatoms. The van der Waals surface area contributed by atoms with E-state index in [4.69, 9.17) is 16.1 Å². The third kappa shape index (κ3) is 4.14. The number of H-pyrrole nitrogens is 1. The Bertz CT molecular complexity index is 931. The lowest BCUT2D eigenvalue weighted by Crippen LogP contribution is -2.45. The molecular formula is C18H21ClN8O. The molecular weight excluding hydrogens is 380 g/mol. The second kappa shape index (κ2) is 8.39. The summed E-state index contributed by atoms with van der Waals surface area (Å²) in [6.07, 6.45) is 3.55. The lowest BCUT2D eigenvalue weighted by atomic mass is 9.96. The Morgan fingerprint density at radius 3 is 2.96 bits per heavy atom. The van der Waals surface area contributed by atoms with Crippen molar-refractivity contribution in [2.24, 2.45) is 4.99 Å². The van der Waals surface area contributed by atoms with Crippen LogP contribution in [0.25, 0.3) is 11.4 Å². The van der Waals surface area contributed by atoms with Crippen molar-refractivity contribution in [3.05, 3.63) is 47.3 Å². The van der Waals surface area contributed by atoms with Gasteiger partial charge in [-0.05, 0) is 25.0 Å². The Hall–Kier alpha value is -2.94. The first-order valence-corrected chi connectivity index (χ1v) is 9.50. The van der Waals surface area contributed by atoms with E-state index in [9.17, 15) is 0 Å². The van der Waals surface area contributed by atoms with E-state index in [1.165, 1.54) is 0 Å². The highest BCUT2D eigenvalue weighted by atomic mass is 35.5. The zero-order chi connectivity index (χ0) is 19.3. The number of piperidine rings is 1. The minimum atomic E-state index is 0.405. The number of likely N-dealkylation sites (tertiary alicyclic amines) is 1. The Morgan fingerprint density at radius 2 is 2.25 bits per heavy atom. The first-order valence-electron chi connectivity index (χ1n) is 9.12. The lowest BCUT2D eigenvalue weighted by molar-refractivity contribution is 0.296. The number of hydrogen-bond acceptors (Lipinski definition) is 6. The minimum Gasteiger partial charge on any atom is -0.347 e. The fraction of sp³-hybridized carbons (Fsp3) is 0.389. The van der Waals surface area contributed by atoms with E-state index in [1.807, 2.05) is 18.2 Å². The van der Waals surface area contributed by atoms with Crippen LogP contribution in [0.5, 0.6) is 0 Å². The SMILES string of the molecule is CN=C(NCc1nc(-c2cccc(Cl)c2)no1)N1CCC(c2ncn[nH]2)CC1. The molecule has 1 fully saturated rings. The molecule has 3 heterocycles. The summed E-state index contributed by atoms with van der Waals surface area (Å²) in [6, 6.07) is 7.37. The lowest BCUT2D eigenvalue weighted by Gasteiger charge is -2.33. The molecule has 146 valence electrons. The van der Waals surface area contributed by atoms with Gasteiger partial charge in [-0.25, -0.2) is 4.98 Å². The quantitative estimate of drug-likeness (QED) is 0.511. The van der Waals surface area contributed by atoms with Crippen LogP contribution in [0, 0.1) is 0 Å². The van der Waals surface area contributed by atoms with Crippen molar-refractivity contribution in [3.8, 4) is 11.4 Å². The van der Waals surface area contributed by atoms with Crippen molar-refractivity contribution < 1.29 is 4.52 Å². The second-order valence-electron chi connectivity index (χ2n) is 6.55. The predicted octanol–water partition coefficient (Wildman–Crippen LogP) is 2.46. The number of halogens is 1. The fourth-order valence-corrected chi connectivity index (χ4v) is 3.53. The first-order chi connectivity index (χ1) is 13.7. The molecule has 1 saturated heterocycles. The Labute approximate surface area is 167 Å². The first kappa shape index (κ1) is 18.4. The third-order valence-electron chi connectivity index (χ3n) is 4.78. The van der Waals surface area contributed by atoms with E-state index in [-0.39, 0.29) is 0 Å². The van der Waals surface area contributed by atoms with E-state index >= 15 is 0 Å². The number of nitrogens with one attached hydrogen (secondary N) is 2. The highest BCUT2D eigenvalue weighted by Gasteiger charge is 2.24. The Kier molecular flexibility index (Phi) is 5.52. The van der Waals surface area contributed by atoms with Crippen LogP contribution < -0.4 is 5.32 Å². The van der Waals surface area contributed by atoms with Crippen molar-refractivity contribution in [1.82, 2.24) is 35.5 Å². The van der Waals surface area contributed by atoms with Gasteiger partial charge in [-0.1, -0.05) is 28.9 Å². The second-order valence-corrected chi connectivity index (χ2v) is 6.99. The zero-order valence-corrected chi connectivity index (χ0v) is 16.2. The van der Waals surface area contributed by atoms with Crippen molar-refractivity contribution in [3.63, 3.8) is 0 Å². The summed E-state index contributed by atoms with van der Waals surface area (Å²) >= 11 is 6.02. The van der Waals surface area contributed by atoms with Crippen molar-refractivity contribution in [2.75, 3.05) is 20.1 Å². The van der Waals surface area contributed by atoms with Crippen LogP contribution in [-0.4, -0.2) is 56.3 Å². The molecule has 1 aliphatic heterocycles. The maximum atomic E-state index is 6.02. The van der Waals surface area contributed by atoms with Gasteiger partial charge in [0.15, 0.2) is 5.96 Å². The Morgan fingerprint density at radius 1 is 1.39 bits per heavy atom. The van der Waals surface area contributed by atoms with E-state index in [2.05, 4.69) is 40.5 Å². The van der Waals surface area contributed by atoms with E-state index < -0.39 is 0 Å². The summed E-state index contributed by atoms with van der Waals surface area (Å²) in [5.74, 6) is 3.20. The molecule has 1 aromatic carbocycles. The van der Waals surface area contributed by atoms with Gasteiger partial charge in [0, 0.05) is 36.6 Å². The summed E-state index contributed by atoms with van der Waals surface area (Å²) in [5.41, 5.74) is 0.821. The maximum absolute atomic E-state index is 6.02. The van der Waals surface area contributed by atoms with Gasteiger partial charge >= 0.3 is 0 Å². The van der Waals surface area contributed by atoms with Gasteiger partial charge in [-0.2, -0.15) is 10.1 Å². The number of benzene rings is 1. The van der Waals surface area contributed by atoms with E-state index in [0.29, 0.717) is 29.2 Å². The van der Waals surface area contributed by atoms with Gasteiger partial charge in [0.05, 0.1) is 6.54 Å². The number of aliphatic imine (C=N–C) groups is 1. The van der Waals surface area contributed by atoms with Crippen molar-refractivity contribution >= 4 is 17.6 Å². The average molecular weight is 401 g/mol. The van der Waals surface area contributed by atoms with E-state index in [1.54, 1.807) is 19.4 Å². The van der Waals surface area contributed by atoms with Crippen LogP contribution in [0.4, 0.5) is 0 Å². The maximum Gasteiger partial charge on any atom is 0.246 e. The molecule has 0 unspecified atom stereocenters. The van der Waals surface area contributed by atoms with Crippen LogP contribution in [0.2, 0.25) is 5.02 Å². The molecule has 4 rings (SSSR count). The third-order valence-corrected chi connectivity index (χ3v) is 5.01. The van der Waals surface area contributed by atoms with Crippen LogP contribution in [0.15, 0.2) is 40.1 Å². The van der Waals surface area contributed by atoms with Gasteiger partial charge in [-0.3, -0.25) is 10.1 Å². The summed E-state index contributed by atoms with van der Waals surface area (Å²) in [4.78, 5) is 15.3. The number of hydrogen-bond donors (Lipinski definition) is 2. The van der Waals surface area contributed by atoms with Gasteiger partial charge in [0.25, 0.3) is 0 Å². The van der Waals surface area contributed by atoms with Crippen molar-refractivity contribution in [1.29, 1.82) is 0 Å². The van der Waals surface area contributed by atoms with Crippen LogP contribution in [-0.2, 0) is 6.54 Å². The molecule has 0 aliphatic carbocycles. The summed E-state index contributed by atoms with van der Waals surface area (Å²) in [5, 5.41) is 14.9. The van der Waals surface area contributed by atoms with Gasteiger partial charge in [-0.15, -0.1) is 0 Å². The summed E-state index contributed by atoms with van der Waals surface area (Å²) in [7, 11) is 1.77. The monoisotopic (exact) mass is 400 g/mol. The smallest absolute Gasteiger partial charge is 0.246 e. The average Bonchev–Trinajstić information content (AvgIpc) is 3.41. The molecule has 1 aliphatic rings. The molecule has 2 N–H and O–H groups in total. The molecule has 0 bridgehead atoms. The highest BCUT2D eigenvalue weighted by Crippen LogP contribution is 2.25. The minimum absolute atomic E-state index is 0.405. The number of nitrogens with zero attached hydrogens (tertiary/aromatic N) is 6. The fourth-order valence-electron chi connectivity index (χ4n) is 3.33. The van der Waals surface area contributed by atoms with Crippen LogP contribution in [0.3, 0.4) is 0 Å². The number of aromatic amines is 1. The molecule has 0 radical (unpaired) electrons. The largest absolute Gasteiger partial charge is 0.347 e. The van der Waals surface area contributed by atoms with Gasteiger partial charge in [0.1, 0.15) is 12.2 Å². The standard InChI is InChI=1S/C18H21ClN8O/c1-20-18(27-7-5-12(6-8-27)16-22-11-23-25-16)21-10-15-24-17(26-28-15)13-3-2-4-14(19)9-13/h2-4,9,11-12H,5-8,10H2,1H3,(H,20,21)(H,22,23,25). The van der Waals surface area contributed by atoms with Crippen LogP contribution >= 0.6 is 11.6 Å². The Balaban J connectivity index is 1.33. The van der Waals surface area contributed by atoms with Crippen molar-refractivity contribution in [2.45, 2.75) is 25.3 Å². The molecule has 0 atom stereocenters. The molecule has 0 saturated carbocycles. The number of guanidine groups is 1. The highest BCUT2D eigenvalue weighted by molar-refractivity contribution is 6.30. The molecule has 2 aromatic heterocycles. The number of rotatable bonds is 4. The normalized spacial score (nSPS) is 15.8. The molecule has 9 nitrogen and oxygen atoms in total. The molecule has 0 amide bonds. The molecule has 0 spiro atoms.